The molecule has 24 heavy (non-hydrogen) atoms. The Labute approximate surface area is 135 Å². The zero-order valence-corrected chi connectivity index (χ0v) is 12.7. The van der Waals surface area contributed by atoms with Crippen molar-refractivity contribution in [3.8, 4) is 0 Å². The van der Waals surface area contributed by atoms with E-state index < -0.39 is 17.6 Å². The van der Waals surface area contributed by atoms with Gasteiger partial charge in [0.05, 0.1) is 12.1 Å². The van der Waals surface area contributed by atoms with Crippen molar-refractivity contribution >= 4 is 22.7 Å². The third-order valence-electron chi connectivity index (χ3n) is 4.07. The molecule has 0 saturated heterocycles. The third-order valence-corrected chi connectivity index (χ3v) is 4.07. The Hall–Kier alpha value is -2.51. The molecular weight excluding hydrogens is 323 g/mol. The van der Waals surface area contributed by atoms with Crippen LogP contribution in [0, 0.1) is 0 Å². The minimum atomic E-state index is -4.44. The van der Waals surface area contributed by atoms with E-state index in [1.165, 1.54) is 12.1 Å². The Kier molecular flexibility index (Phi) is 4.21. The molecule has 0 unspecified atom stereocenters. The molecule has 2 aromatic rings. The summed E-state index contributed by atoms with van der Waals surface area (Å²) in [5.41, 5.74) is -0.460. The molecule has 0 bridgehead atoms. The SMILES string of the molecule is O=C(CNC(=O)c1cc2ccc(C(F)(F)F)cc2[nH]1)NC1CCC1. The Morgan fingerprint density at radius 2 is 1.96 bits per heavy atom. The van der Waals surface area contributed by atoms with Crippen molar-refractivity contribution in [3.63, 3.8) is 0 Å². The molecule has 3 rings (SSSR count). The van der Waals surface area contributed by atoms with E-state index in [0.29, 0.717) is 5.39 Å². The average Bonchev–Trinajstić information content (AvgIpc) is 2.90. The van der Waals surface area contributed by atoms with Crippen LogP contribution in [-0.2, 0) is 11.0 Å². The molecule has 1 heterocycles. The van der Waals surface area contributed by atoms with Crippen molar-refractivity contribution in [2.75, 3.05) is 6.54 Å². The first-order chi connectivity index (χ1) is 11.3. The van der Waals surface area contributed by atoms with E-state index in [-0.39, 0.29) is 29.7 Å². The van der Waals surface area contributed by atoms with Gasteiger partial charge in [-0.3, -0.25) is 9.59 Å². The van der Waals surface area contributed by atoms with Crippen LogP contribution in [0.4, 0.5) is 13.2 Å². The second-order valence-electron chi connectivity index (χ2n) is 5.86. The molecule has 1 fully saturated rings. The predicted octanol–water partition coefficient (Wildman–Crippen LogP) is 2.59. The van der Waals surface area contributed by atoms with Crippen LogP contribution in [0.3, 0.4) is 0 Å². The number of carbonyl (C=O) groups is 2. The first-order valence-electron chi connectivity index (χ1n) is 7.60. The van der Waals surface area contributed by atoms with Crippen LogP contribution in [-0.4, -0.2) is 29.4 Å². The maximum absolute atomic E-state index is 12.7. The fraction of sp³-hybridized carbons (Fsp3) is 0.375. The van der Waals surface area contributed by atoms with Crippen molar-refractivity contribution in [2.24, 2.45) is 0 Å². The van der Waals surface area contributed by atoms with Gasteiger partial charge in [0, 0.05) is 16.9 Å². The lowest BCUT2D eigenvalue weighted by Crippen LogP contribution is -2.44. The summed E-state index contributed by atoms with van der Waals surface area (Å²) < 4.78 is 38.1. The van der Waals surface area contributed by atoms with Crippen LogP contribution >= 0.6 is 0 Å². The van der Waals surface area contributed by atoms with Gasteiger partial charge in [0.25, 0.3) is 5.91 Å². The summed E-state index contributed by atoms with van der Waals surface area (Å²) in [5, 5.41) is 5.73. The number of fused-ring (bicyclic) bond motifs is 1. The molecule has 3 N–H and O–H groups in total. The number of benzene rings is 1. The molecule has 128 valence electrons. The molecule has 1 saturated carbocycles. The van der Waals surface area contributed by atoms with Gasteiger partial charge in [-0.1, -0.05) is 6.07 Å². The van der Waals surface area contributed by atoms with Crippen LogP contribution in [0.25, 0.3) is 10.9 Å². The number of rotatable bonds is 4. The van der Waals surface area contributed by atoms with Gasteiger partial charge in [-0.25, -0.2) is 0 Å². The van der Waals surface area contributed by atoms with Crippen molar-refractivity contribution < 1.29 is 22.8 Å². The molecule has 1 aliphatic carbocycles. The summed E-state index contributed by atoms with van der Waals surface area (Å²) in [5.74, 6) is -0.813. The maximum Gasteiger partial charge on any atom is 0.416 e. The van der Waals surface area contributed by atoms with Crippen LogP contribution in [0.15, 0.2) is 24.3 Å². The highest BCUT2D eigenvalue weighted by atomic mass is 19.4. The number of alkyl halides is 3. The average molecular weight is 339 g/mol. The smallest absolute Gasteiger partial charge is 0.352 e. The number of nitrogens with one attached hydrogen (secondary N) is 3. The minimum absolute atomic E-state index is 0.112. The van der Waals surface area contributed by atoms with Crippen LogP contribution in [0.1, 0.15) is 35.3 Å². The van der Waals surface area contributed by atoms with Crippen LogP contribution < -0.4 is 10.6 Å². The number of amides is 2. The molecule has 0 atom stereocenters. The fourth-order valence-corrected chi connectivity index (χ4v) is 2.51. The molecule has 0 spiro atoms. The lowest BCUT2D eigenvalue weighted by atomic mass is 9.93. The number of H-pyrrole nitrogens is 1. The van der Waals surface area contributed by atoms with E-state index in [1.807, 2.05) is 0 Å². The zero-order valence-electron chi connectivity index (χ0n) is 12.7. The zero-order chi connectivity index (χ0) is 17.3. The van der Waals surface area contributed by atoms with Gasteiger partial charge in [-0.15, -0.1) is 0 Å². The first kappa shape index (κ1) is 16.4. The van der Waals surface area contributed by atoms with Crippen molar-refractivity contribution in [3.05, 3.63) is 35.5 Å². The number of hydrogen-bond donors (Lipinski definition) is 3. The highest BCUT2D eigenvalue weighted by Gasteiger charge is 2.30. The molecule has 8 heteroatoms. The van der Waals surface area contributed by atoms with Gasteiger partial charge in [-0.2, -0.15) is 13.2 Å². The van der Waals surface area contributed by atoms with Gasteiger partial charge >= 0.3 is 6.18 Å². The van der Waals surface area contributed by atoms with E-state index in [9.17, 15) is 22.8 Å². The minimum Gasteiger partial charge on any atom is -0.352 e. The van der Waals surface area contributed by atoms with Crippen LogP contribution in [0.2, 0.25) is 0 Å². The van der Waals surface area contributed by atoms with Crippen molar-refractivity contribution in [1.82, 2.24) is 15.6 Å². The Balaban J connectivity index is 1.65. The number of hydrogen-bond acceptors (Lipinski definition) is 2. The van der Waals surface area contributed by atoms with Gasteiger partial charge in [0.2, 0.25) is 5.91 Å². The standard InChI is InChI=1S/C16H16F3N3O2/c17-16(18,19)10-5-4-9-6-13(22-12(9)7-10)15(24)20-8-14(23)21-11-2-1-3-11/h4-7,11,22H,1-3,8H2,(H,20,24)(H,21,23). The number of carbonyl (C=O) groups excluding carboxylic acids is 2. The summed E-state index contributed by atoms with van der Waals surface area (Å²) in [6.07, 6.45) is -1.46. The second kappa shape index (κ2) is 6.18. The van der Waals surface area contributed by atoms with Gasteiger partial charge < -0.3 is 15.6 Å². The molecule has 0 radical (unpaired) electrons. The monoisotopic (exact) mass is 339 g/mol. The van der Waals surface area contributed by atoms with Gasteiger partial charge in [-0.05, 0) is 37.5 Å². The largest absolute Gasteiger partial charge is 0.416 e. The molecule has 1 aromatic heterocycles. The van der Waals surface area contributed by atoms with E-state index in [4.69, 9.17) is 0 Å². The highest BCUT2D eigenvalue weighted by Crippen LogP contribution is 2.31. The topological polar surface area (TPSA) is 74.0 Å². The quantitative estimate of drug-likeness (QED) is 0.801. The Morgan fingerprint density at radius 1 is 1.21 bits per heavy atom. The Bertz CT molecular complexity index is 778. The predicted molar refractivity (Wildman–Crippen MR) is 81.4 cm³/mol. The summed E-state index contributed by atoms with van der Waals surface area (Å²) in [6.45, 7) is -0.168. The van der Waals surface area contributed by atoms with Gasteiger partial charge in [0.1, 0.15) is 5.69 Å². The molecule has 2 amide bonds. The number of halogens is 3. The van der Waals surface area contributed by atoms with E-state index >= 15 is 0 Å². The number of aromatic amines is 1. The summed E-state index contributed by atoms with van der Waals surface area (Å²) in [7, 11) is 0. The lowest BCUT2D eigenvalue weighted by molar-refractivity contribution is -0.137. The van der Waals surface area contributed by atoms with E-state index in [1.54, 1.807) is 0 Å². The summed E-state index contributed by atoms with van der Waals surface area (Å²) in [6, 6.07) is 4.85. The highest BCUT2D eigenvalue weighted by molar-refractivity contribution is 5.99. The van der Waals surface area contributed by atoms with E-state index in [2.05, 4.69) is 15.6 Å². The molecule has 5 nitrogen and oxygen atoms in total. The van der Waals surface area contributed by atoms with Gasteiger partial charge in [0.15, 0.2) is 0 Å². The fourth-order valence-electron chi connectivity index (χ4n) is 2.51. The van der Waals surface area contributed by atoms with Crippen LogP contribution in [0.5, 0.6) is 0 Å². The molecule has 1 aliphatic rings. The van der Waals surface area contributed by atoms with E-state index in [0.717, 1.165) is 31.4 Å². The van der Waals surface area contributed by atoms with Crippen molar-refractivity contribution in [2.45, 2.75) is 31.5 Å². The van der Waals surface area contributed by atoms with Crippen molar-refractivity contribution in [1.29, 1.82) is 0 Å². The maximum atomic E-state index is 12.7. The second-order valence-corrected chi connectivity index (χ2v) is 5.86. The third kappa shape index (κ3) is 3.52. The Morgan fingerprint density at radius 3 is 2.58 bits per heavy atom. The number of aromatic nitrogens is 1. The first-order valence-corrected chi connectivity index (χ1v) is 7.60. The molecule has 1 aromatic carbocycles. The summed E-state index contributed by atoms with van der Waals surface area (Å²) >= 11 is 0. The normalized spacial score (nSPS) is 15.1. The molecule has 0 aliphatic heterocycles. The summed E-state index contributed by atoms with van der Waals surface area (Å²) in [4.78, 5) is 26.3. The lowest BCUT2D eigenvalue weighted by Gasteiger charge is -2.26. The molecular formula is C16H16F3N3O2.